The van der Waals surface area contributed by atoms with E-state index in [1.54, 1.807) is 4.31 Å². The minimum absolute atomic E-state index is 0.276. The van der Waals surface area contributed by atoms with Gasteiger partial charge in [0.2, 0.25) is 10.0 Å². The molecular formula is C11H16N2O2S. The summed E-state index contributed by atoms with van der Waals surface area (Å²) in [6.45, 7) is 1.53. The van der Waals surface area contributed by atoms with Crippen molar-refractivity contribution in [1.82, 2.24) is 4.31 Å². The second-order valence-corrected chi connectivity index (χ2v) is 6.06. The third-order valence-electron chi connectivity index (χ3n) is 2.89. The molecule has 0 saturated carbocycles. The van der Waals surface area contributed by atoms with Crippen LogP contribution in [0.1, 0.15) is 17.5 Å². The summed E-state index contributed by atoms with van der Waals surface area (Å²) in [6.07, 6.45) is 0.729. The third-order valence-corrected chi connectivity index (χ3v) is 4.79. The third kappa shape index (κ3) is 2.26. The lowest BCUT2D eigenvalue weighted by Gasteiger charge is -2.16. The van der Waals surface area contributed by atoms with E-state index < -0.39 is 10.0 Å². The molecule has 1 aromatic rings. The van der Waals surface area contributed by atoms with E-state index in [0.29, 0.717) is 19.6 Å². The molecule has 0 amide bonds. The Kier molecular flexibility index (Phi) is 3.28. The molecular weight excluding hydrogens is 224 g/mol. The first-order valence-corrected chi connectivity index (χ1v) is 6.99. The lowest BCUT2D eigenvalue weighted by atomic mass is 10.1. The molecule has 4 nitrogen and oxygen atoms in total. The summed E-state index contributed by atoms with van der Waals surface area (Å²) in [5.74, 6) is 0.276. The van der Waals surface area contributed by atoms with Crippen molar-refractivity contribution in [1.29, 1.82) is 0 Å². The predicted octanol–water partition coefficient (Wildman–Crippen LogP) is 0.681. The number of rotatable bonds is 3. The van der Waals surface area contributed by atoms with Crippen LogP contribution >= 0.6 is 0 Å². The van der Waals surface area contributed by atoms with Crippen molar-refractivity contribution < 1.29 is 8.42 Å². The predicted molar refractivity (Wildman–Crippen MR) is 63.1 cm³/mol. The van der Waals surface area contributed by atoms with Gasteiger partial charge in [0.25, 0.3) is 0 Å². The normalized spacial score (nSPS) is 20.1. The highest BCUT2D eigenvalue weighted by molar-refractivity contribution is 7.89. The zero-order valence-corrected chi connectivity index (χ0v) is 9.91. The van der Waals surface area contributed by atoms with Crippen LogP contribution in [0.15, 0.2) is 24.3 Å². The van der Waals surface area contributed by atoms with Gasteiger partial charge in [0.1, 0.15) is 0 Å². The molecule has 2 rings (SSSR count). The second kappa shape index (κ2) is 4.53. The molecule has 88 valence electrons. The summed E-state index contributed by atoms with van der Waals surface area (Å²) < 4.78 is 24.9. The number of nitrogens with zero attached hydrogens (tertiary/aromatic N) is 1. The Labute approximate surface area is 96.1 Å². The van der Waals surface area contributed by atoms with Crippen LogP contribution in [0.25, 0.3) is 0 Å². The Balaban J connectivity index is 2.21. The molecule has 1 fully saturated rings. The Hall–Kier alpha value is -0.910. The highest BCUT2D eigenvalue weighted by Gasteiger charge is 2.28. The fourth-order valence-electron chi connectivity index (χ4n) is 1.97. The van der Waals surface area contributed by atoms with Gasteiger partial charge in [0, 0.05) is 19.6 Å². The molecule has 16 heavy (non-hydrogen) atoms. The summed E-state index contributed by atoms with van der Waals surface area (Å²) >= 11 is 0. The van der Waals surface area contributed by atoms with Crippen molar-refractivity contribution >= 4 is 10.0 Å². The molecule has 0 radical (unpaired) electrons. The Bertz CT molecular complexity index is 471. The average molecular weight is 240 g/mol. The van der Waals surface area contributed by atoms with Crippen LogP contribution in [0.3, 0.4) is 0 Å². The molecule has 5 heteroatoms. The molecule has 1 saturated heterocycles. The van der Waals surface area contributed by atoms with Crippen molar-refractivity contribution in [3.05, 3.63) is 35.4 Å². The fraction of sp³-hybridized carbons (Fsp3) is 0.455. The van der Waals surface area contributed by atoms with Gasteiger partial charge in [-0.3, -0.25) is 0 Å². The molecule has 0 atom stereocenters. The number of hydrogen-bond acceptors (Lipinski definition) is 3. The Morgan fingerprint density at radius 2 is 1.94 bits per heavy atom. The van der Waals surface area contributed by atoms with Gasteiger partial charge < -0.3 is 5.73 Å². The van der Waals surface area contributed by atoms with Crippen LogP contribution < -0.4 is 5.73 Å². The molecule has 0 aliphatic carbocycles. The van der Waals surface area contributed by atoms with E-state index in [0.717, 1.165) is 17.5 Å². The summed E-state index contributed by atoms with van der Waals surface area (Å²) in [7, 11) is -3.02. The van der Waals surface area contributed by atoms with Gasteiger partial charge in [-0.25, -0.2) is 8.42 Å². The van der Waals surface area contributed by atoms with Gasteiger partial charge in [0.15, 0.2) is 0 Å². The van der Waals surface area contributed by atoms with Crippen molar-refractivity contribution in [2.24, 2.45) is 5.73 Å². The number of hydrogen-bond donors (Lipinski definition) is 1. The van der Waals surface area contributed by atoms with E-state index in [1.165, 1.54) is 0 Å². The van der Waals surface area contributed by atoms with Crippen LogP contribution in [0.5, 0.6) is 0 Å². The van der Waals surface area contributed by atoms with E-state index in [-0.39, 0.29) is 5.75 Å². The van der Waals surface area contributed by atoms with Crippen LogP contribution in [0.2, 0.25) is 0 Å². The molecule has 0 aromatic heterocycles. The molecule has 1 aliphatic rings. The SMILES string of the molecule is NCc1ccccc1CN1CCCS1(=O)=O. The zero-order chi connectivity index (χ0) is 11.6. The Morgan fingerprint density at radius 1 is 1.25 bits per heavy atom. The maximum atomic E-state index is 11.7. The number of sulfonamides is 1. The number of nitrogens with two attached hydrogens (primary N) is 1. The van der Waals surface area contributed by atoms with Crippen LogP contribution in [0, 0.1) is 0 Å². The zero-order valence-electron chi connectivity index (χ0n) is 9.09. The van der Waals surface area contributed by atoms with E-state index in [1.807, 2.05) is 24.3 Å². The lowest BCUT2D eigenvalue weighted by Crippen LogP contribution is -2.25. The smallest absolute Gasteiger partial charge is 0.214 e. The maximum Gasteiger partial charge on any atom is 0.214 e. The maximum absolute atomic E-state index is 11.7. The van der Waals surface area contributed by atoms with Gasteiger partial charge >= 0.3 is 0 Å². The topological polar surface area (TPSA) is 63.4 Å². The largest absolute Gasteiger partial charge is 0.326 e. The van der Waals surface area contributed by atoms with Crippen LogP contribution in [-0.4, -0.2) is 25.0 Å². The van der Waals surface area contributed by atoms with Crippen LogP contribution in [-0.2, 0) is 23.1 Å². The molecule has 0 spiro atoms. The summed E-state index contributed by atoms with van der Waals surface area (Å²) in [5.41, 5.74) is 7.65. The van der Waals surface area contributed by atoms with E-state index >= 15 is 0 Å². The van der Waals surface area contributed by atoms with Crippen molar-refractivity contribution in [2.75, 3.05) is 12.3 Å². The average Bonchev–Trinajstić information content (AvgIpc) is 2.59. The van der Waals surface area contributed by atoms with E-state index in [2.05, 4.69) is 0 Å². The first kappa shape index (κ1) is 11.6. The quantitative estimate of drug-likeness (QED) is 0.845. The summed E-state index contributed by atoms with van der Waals surface area (Å²) in [4.78, 5) is 0. The van der Waals surface area contributed by atoms with Gasteiger partial charge in [-0.15, -0.1) is 0 Å². The monoisotopic (exact) mass is 240 g/mol. The first-order chi connectivity index (χ1) is 7.63. The highest BCUT2D eigenvalue weighted by atomic mass is 32.2. The second-order valence-electron chi connectivity index (χ2n) is 3.98. The van der Waals surface area contributed by atoms with Crippen molar-refractivity contribution in [2.45, 2.75) is 19.5 Å². The molecule has 1 aromatic carbocycles. The molecule has 0 unspecified atom stereocenters. The van der Waals surface area contributed by atoms with Gasteiger partial charge in [-0.1, -0.05) is 24.3 Å². The molecule has 1 heterocycles. The van der Waals surface area contributed by atoms with Crippen molar-refractivity contribution in [3.8, 4) is 0 Å². The van der Waals surface area contributed by atoms with Gasteiger partial charge in [0.05, 0.1) is 5.75 Å². The fourth-order valence-corrected chi connectivity index (χ4v) is 3.46. The minimum atomic E-state index is -3.02. The lowest BCUT2D eigenvalue weighted by molar-refractivity contribution is 0.438. The van der Waals surface area contributed by atoms with Crippen molar-refractivity contribution in [3.63, 3.8) is 0 Å². The molecule has 0 bridgehead atoms. The highest BCUT2D eigenvalue weighted by Crippen LogP contribution is 2.19. The number of benzene rings is 1. The van der Waals surface area contributed by atoms with E-state index in [9.17, 15) is 8.42 Å². The summed E-state index contributed by atoms with van der Waals surface area (Å²) in [6, 6.07) is 7.72. The molecule has 1 aliphatic heterocycles. The Morgan fingerprint density at radius 3 is 2.50 bits per heavy atom. The van der Waals surface area contributed by atoms with Gasteiger partial charge in [-0.2, -0.15) is 4.31 Å². The first-order valence-electron chi connectivity index (χ1n) is 5.38. The minimum Gasteiger partial charge on any atom is -0.326 e. The van der Waals surface area contributed by atoms with E-state index in [4.69, 9.17) is 5.73 Å². The summed E-state index contributed by atoms with van der Waals surface area (Å²) in [5, 5.41) is 0. The molecule has 2 N–H and O–H groups in total. The van der Waals surface area contributed by atoms with Crippen LogP contribution in [0.4, 0.5) is 0 Å². The van der Waals surface area contributed by atoms with Gasteiger partial charge in [-0.05, 0) is 17.5 Å². The standard InChI is InChI=1S/C11H16N2O2S/c12-8-10-4-1-2-5-11(10)9-13-6-3-7-16(13,14)15/h1-2,4-5H,3,6-9,12H2.